The lowest BCUT2D eigenvalue weighted by Crippen LogP contribution is -2.41. The molecule has 1 unspecified atom stereocenters. The van der Waals surface area contributed by atoms with Crippen LogP contribution in [-0.4, -0.2) is 53.2 Å². The topological polar surface area (TPSA) is 105 Å². The van der Waals surface area contributed by atoms with Crippen LogP contribution in [0.5, 0.6) is 0 Å². The first-order valence-electron chi connectivity index (χ1n) is 6.35. The van der Waals surface area contributed by atoms with Gasteiger partial charge in [-0.3, -0.25) is 9.48 Å². The van der Waals surface area contributed by atoms with Gasteiger partial charge in [-0.2, -0.15) is 5.10 Å². The number of aryl methyl sites for hydroxylation is 1. The van der Waals surface area contributed by atoms with E-state index >= 15 is 0 Å². The second-order valence-electron chi connectivity index (χ2n) is 4.22. The predicted octanol–water partition coefficient (Wildman–Crippen LogP) is 0.0621. The van der Waals surface area contributed by atoms with Crippen LogP contribution in [0.15, 0.2) is 18.5 Å². The Bertz CT molecular complexity index is 408. The maximum atomic E-state index is 11.5. The number of aromatic nitrogens is 2. The molecule has 0 bridgehead atoms. The number of aliphatic carboxylic acids is 1. The molecule has 0 radical (unpaired) electrons. The molecule has 0 fully saturated rings. The first-order chi connectivity index (χ1) is 9.61. The molecule has 1 atom stereocenters. The van der Waals surface area contributed by atoms with Gasteiger partial charge in [0.1, 0.15) is 0 Å². The molecule has 0 spiro atoms. The van der Waals surface area contributed by atoms with E-state index < -0.39 is 12.1 Å². The SMILES string of the molecule is COC(CNC(=O)NCCCn1cccn1)CC(=O)O. The smallest absolute Gasteiger partial charge is 0.314 e. The molecule has 0 saturated heterocycles. The zero-order chi connectivity index (χ0) is 14.8. The normalized spacial score (nSPS) is 11.8. The van der Waals surface area contributed by atoms with Crippen molar-refractivity contribution in [1.82, 2.24) is 20.4 Å². The van der Waals surface area contributed by atoms with Crippen LogP contribution in [0.1, 0.15) is 12.8 Å². The van der Waals surface area contributed by atoms with Gasteiger partial charge in [-0.25, -0.2) is 4.79 Å². The minimum absolute atomic E-state index is 0.143. The number of rotatable bonds is 9. The average molecular weight is 284 g/mol. The molecule has 2 amide bonds. The summed E-state index contributed by atoms with van der Waals surface area (Å²) >= 11 is 0. The predicted molar refractivity (Wildman–Crippen MR) is 71.3 cm³/mol. The Morgan fingerprint density at radius 1 is 1.45 bits per heavy atom. The van der Waals surface area contributed by atoms with Gasteiger partial charge in [-0.05, 0) is 12.5 Å². The highest BCUT2D eigenvalue weighted by Crippen LogP contribution is 1.95. The highest BCUT2D eigenvalue weighted by Gasteiger charge is 2.13. The van der Waals surface area contributed by atoms with Gasteiger partial charge in [0.25, 0.3) is 0 Å². The maximum absolute atomic E-state index is 11.5. The number of nitrogens with zero attached hydrogens (tertiary/aromatic N) is 2. The molecule has 0 saturated carbocycles. The summed E-state index contributed by atoms with van der Waals surface area (Å²) in [5, 5.41) is 17.9. The molecule has 0 aliphatic rings. The van der Waals surface area contributed by atoms with Crippen LogP contribution in [0.4, 0.5) is 4.79 Å². The van der Waals surface area contributed by atoms with Crippen molar-refractivity contribution in [3.63, 3.8) is 0 Å². The van der Waals surface area contributed by atoms with Gasteiger partial charge in [0.05, 0.1) is 12.5 Å². The number of methoxy groups -OCH3 is 1. The third-order valence-electron chi connectivity index (χ3n) is 2.63. The zero-order valence-corrected chi connectivity index (χ0v) is 11.4. The van der Waals surface area contributed by atoms with Crippen molar-refractivity contribution >= 4 is 12.0 Å². The first kappa shape index (κ1) is 16.0. The van der Waals surface area contributed by atoms with Crippen molar-refractivity contribution in [2.24, 2.45) is 0 Å². The van der Waals surface area contributed by atoms with Gasteiger partial charge in [-0.15, -0.1) is 0 Å². The van der Waals surface area contributed by atoms with E-state index in [0.29, 0.717) is 6.54 Å². The summed E-state index contributed by atoms with van der Waals surface area (Å²) in [7, 11) is 1.41. The van der Waals surface area contributed by atoms with Crippen LogP contribution >= 0.6 is 0 Å². The Hall–Kier alpha value is -2.09. The van der Waals surface area contributed by atoms with Crippen molar-refractivity contribution in [3.05, 3.63) is 18.5 Å². The summed E-state index contributed by atoms with van der Waals surface area (Å²) in [4.78, 5) is 22.0. The van der Waals surface area contributed by atoms with Crippen LogP contribution in [0, 0.1) is 0 Å². The lowest BCUT2D eigenvalue weighted by molar-refractivity contribution is -0.139. The summed E-state index contributed by atoms with van der Waals surface area (Å²) < 4.78 is 6.74. The summed E-state index contributed by atoms with van der Waals surface area (Å²) in [6, 6.07) is 1.51. The monoisotopic (exact) mass is 284 g/mol. The molecule has 0 aromatic carbocycles. The van der Waals surface area contributed by atoms with Crippen LogP contribution in [0.25, 0.3) is 0 Å². The Labute approximate surface area is 117 Å². The largest absolute Gasteiger partial charge is 0.481 e. The number of nitrogens with one attached hydrogen (secondary N) is 2. The van der Waals surface area contributed by atoms with E-state index in [4.69, 9.17) is 9.84 Å². The second-order valence-corrected chi connectivity index (χ2v) is 4.22. The minimum atomic E-state index is -0.960. The molecule has 0 aliphatic carbocycles. The average Bonchev–Trinajstić information content (AvgIpc) is 2.92. The van der Waals surface area contributed by atoms with Crippen LogP contribution < -0.4 is 10.6 Å². The first-order valence-corrected chi connectivity index (χ1v) is 6.35. The minimum Gasteiger partial charge on any atom is -0.481 e. The molecular weight excluding hydrogens is 264 g/mol. The number of hydrogen-bond acceptors (Lipinski definition) is 4. The third kappa shape index (κ3) is 6.74. The molecular formula is C12H20N4O4. The Balaban J connectivity index is 2.08. The van der Waals surface area contributed by atoms with Crippen LogP contribution in [-0.2, 0) is 16.1 Å². The van der Waals surface area contributed by atoms with Crippen molar-refractivity contribution in [2.75, 3.05) is 20.2 Å². The van der Waals surface area contributed by atoms with Gasteiger partial charge in [-0.1, -0.05) is 0 Å². The van der Waals surface area contributed by atoms with E-state index in [0.717, 1.165) is 13.0 Å². The van der Waals surface area contributed by atoms with Gasteiger partial charge in [0.15, 0.2) is 0 Å². The zero-order valence-electron chi connectivity index (χ0n) is 11.4. The fourth-order valence-electron chi connectivity index (χ4n) is 1.58. The van der Waals surface area contributed by atoms with Gasteiger partial charge in [0.2, 0.25) is 0 Å². The molecule has 1 heterocycles. The van der Waals surface area contributed by atoms with Crippen molar-refractivity contribution in [2.45, 2.75) is 25.5 Å². The lowest BCUT2D eigenvalue weighted by atomic mass is 10.2. The molecule has 0 aliphatic heterocycles. The molecule has 1 rings (SSSR count). The third-order valence-corrected chi connectivity index (χ3v) is 2.63. The molecule has 8 heteroatoms. The Morgan fingerprint density at radius 2 is 2.25 bits per heavy atom. The van der Waals surface area contributed by atoms with E-state index in [2.05, 4.69) is 15.7 Å². The van der Waals surface area contributed by atoms with Crippen LogP contribution in [0.2, 0.25) is 0 Å². The number of amides is 2. The number of urea groups is 1. The molecule has 112 valence electrons. The van der Waals surface area contributed by atoms with Gasteiger partial charge in [0, 0.05) is 39.1 Å². The van der Waals surface area contributed by atoms with Crippen molar-refractivity contribution in [1.29, 1.82) is 0 Å². The van der Waals surface area contributed by atoms with E-state index in [1.54, 1.807) is 10.9 Å². The summed E-state index contributed by atoms with van der Waals surface area (Å²) in [6.07, 6.45) is 3.65. The Kier molecular flexibility index (Phi) is 7.12. The number of carbonyl (C=O) groups excluding carboxylic acids is 1. The van der Waals surface area contributed by atoms with Crippen molar-refractivity contribution in [3.8, 4) is 0 Å². The number of ether oxygens (including phenoxy) is 1. The fraction of sp³-hybridized carbons (Fsp3) is 0.583. The standard InChI is InChI=1S/C12H20N4O4/c1-20-10(8-11(17)18)9-14-12(19)13-4-2-6-16-7-3-5-15-16/h3,5,7,10H,2,4,6,8-9H2,1H3,(H,17,18)(H2,13,14,19). The molecule has 1 aromatic heterocycles. The number of carboxylic acid groups (broad SMARTS) is 1. The number of carbonyl (C=O) groups is 2. The van der Waals surface area contributed by atoms with E-state index in [-0.39, 0.29) is 19.0 Å². The van der Waals surface area contributed by atoms with E-state index in [1.165, 1.54) is 7.11 Å². The summed E-state index contributed by atoms with van der Waals surface area (Å²) in [5.74, 6) is -0.960. The highest BCUT2D eigenvalue weighted by atomic mass is 16.5. The molecule has 8 nitrogen and oxygen atoms in total. The van der Waals surface area contributed by atoms with E-state index in [1.807, 2.05) is 12.3 Å². The van der Waals surface area contributed by atoms with Gasteiger partial charge < -0.3 is 20.5 Å². The molecule has 20 heavy (non-hydrogen) atoms. The summed E-state index contributed by atoms with van der Waals surface area (Å²) in [5.41, 5.74) is 0. The second kappa shape index (κ2) is 8.92. The maximum Gasteiger partial charge on any atom is 0.314 e. The van der Waals surface area contributed by atoms with Gasteiger partial charge >= 0.3 is 12.0 Å². The number of hydrogen-bond donors (Lipinski definition) is 3. The fourth-order valence-corrected chi connectivity index (χ4v) is 1.58. The van der Waals surface area contributed by atoms with Crippen molar-refractivity contribution < 1.29 is 19.4 Å². The molecule has 3 N–H and O–H groups in total. The number of carboxylic acids is 1. The van der Waals surface area contributed by atoms with E-state index in [9.17, 15) is 9.59 Å². The highest BCUT2D eigenvalue weighted by molar-refractivity contribution is 5.74. The Morgan fingerprint density at radius 3 is 2.85 bits per heavy atom. The quantitative estimate of drug-likeness (QED) is 0.556. The van der Waals surface area contributed by atoms with Crippen LogP contribution in [0.3, 0.4) is 0 Å². The lowest BCUT2D eigenvalue weighted by Gasteiger charge is -2.14. The molecule has 1 aromatic rings. The summed E-state index contributed by atoms with van der Waals surface area (Å²) in [6.45, 7) is 1.41.